The van der Waals surface area contributed by atoms with Crippen LogP contribution >= 0.6 is 0 Å². The SMILES string of the molecule is Cc1nnc(C2CC2)n1-c1ccccc1C(=O)O. The molecular weight excluding hydrogens is 230 g/mol. The fourth-order valence-electron chi connectivity index (χ4n) is 2.13. The molecule has 2 aromatic rings. The summed E-state index contributed by atoms with van der Waals surface area (Å²) in [5.74, 6) is 1.10. The molecule has 0 amide bonds. The van der Waals surface area contributed by atoms with Gasteiger partial charge in [-0.25, -0.2) is 4.79 Å². The number of nitrogens with zero attached hydrogens (tertiary/aromatic N) is 3. The number of benzene rings is 1. The Hall–Kier alpha value is -2.17. The van der Waals surface area contributed by atoms with E-state index in [0.717, 1.165) is 24.5 Å². The second kappa shape index (κ2) is 3.94. The van der Waals surface area contributed by atoms with Crippen LogP contribution in [-0.4, -0.2) is 25.8 Å². The van der Waals surface area contributed by atoms with E-state index in [1.807, 2.05) is 17.6 Å². The van der Waals surface area contributed by atoms with Gasteiger partial charge in [0.2, 0.25) is 0 Å². The van der Waals surface area contributed by atoms with Gasteiger partial charge in [-0.15, -0.1) is 10.2 Å². The van der Waals surface area contributed by atoms with Crippen LogP contribution in [0.15, 0.2) is 24.3 Å². The van der Waals surface area contributed by atoms with E-state index in [4.69, 9.17) is 0 Å². The number of carboxylic acids is 1. The summed E-state index contributed by atoms with van der Waals surface area (Å²) in [5, 5.41) is 17.5. The highest BCUT2D eigenvalue weighted by Gasteiger charge is 2.31. The lowest BCUT2D eigenvalue weighted by molar-refractivity contribution is 0.0697. The van der Waals surface area contributed by atoms with E-state index in [2.05, 4.69) is 10.2 Å². The summed E-state index contributed by atoms with van der Waals surface area (Å²) in [6.07, 6.45) is 2.21. The third kappa shape index (κ3) is 1.68. The lowest BCUT2D eigenvalue weighted by Crippen LogP contribution is -2.09. The third-order valence-corrected chi connectivity index (χ3v) is 3.17. The van der Waals surface area contributed by atoms with Crippen LogP contribution in [0, 0.1) is 6.92 Å². The fraction of sp³-hybridized carbons (Fsp3) is 0.308. The average Bonchev–Trinajstić information content (AvgIpc) is 3.13. The number of rotatable bonds is 3. The molecule has 0 saturated heterocycles. The van der Waals surface area contributed by atoms with E-state index in [9.17, 15) is 9.90 Å². The molecule has 1 aromatic heterocycles. The maximum atomic E-state index is 11.3. The van der Waals surface area contributed by atoms with Gasteiger partial charge in [0.25, 0.3) is 0 Å². The van der Waals surface area contributed by atoms with Crippen molar-refractivity contribution >= 4 is 5.97 Å². The summed E-state index contributed by atoms with van der Waals surface area (Å²) in [4.78, 5) is 11.3. The zero-order valence-electron chi connectivity index (χ0n) is 10.00. The van der Waals surface area contributed by atoms with Crippen molar-refractivity contribution in [3.63, 3.8) is 0 Å². The maximum absolute atomic E-state index is 11.3. The first-order valence-electron chi connectivity index (χ1n) is 5.93. The topological polar surface area (TPSA) is 68.0 Å². The molecule has 0 bridgehead atoms. The predicted octanol–water partition coefficient (Wildman–Crippen LogP) is 2.15. The van der Waals surface area contributed by atoms with Crippen LogP contribution in [0.1, 0.15) is 40.8 Å². The number of hydrogen-bond donors (Lipinski definition) is 1. The van der Waals surface area contributed by atoms with Crippen molar-refractivity contribution in [1.82, 2.24) is 14.8 Å². The monoisotopic (exact) mass is 243 g/mol. The highest BCUT2D eigenvalue weighted by molar-refractivity contribution is 5.92. The molecule has 3 rings (SSSR count). The highest BCUT2D eigenvalue weighted by Crippen LogP contribution is 2.40. The normalized spacial score (nSPS) is 14.7. The average molecular weight is 243 g/mol. The van der Waals surface area contributed by atoms with Crippen molar-refractivity contribution in [3.05, 3.63) is 41.5 Å². The van der Waals surface area contributed by atoms with E-state index < -0.39 is 5.97 Å². The Balaban J connectivity index is 2.20. The first-order valence-corrected chi connectivity index (χ1v) is 5.93. The molecule has 1 fully saturated rings. The van der Waals surface area contributed by atoms with E-state index in [-0.39, 0.29) is 5.56 Å². The van der Waals surface area contributed by atoms with Crippen LogP contribution in [0.4, 0.5) is 0 Å². The van der Waals surface area contributed by atoms with Crippen molar-refractivity contribution in [1.29, 1.82) is 0 Å². The molecule has 1 aromatic carbocycles. The van der Waals surface area contributed by atoms with Crippen molar-refractivity contribution < 1.29 is 9.90 Å². The van der Waals surface area contributed by atoms with E-state index in [0.29, 0.717) is 11.6 Å². The first-order chi connectivity index (χ1) is 8.68. The van der Waals surface area contributed by atoms with Crippen molar-refractivity contribution in [2.24, 2.45) is 0 Å². The summed E-state index contributed by atoms with van der Waals surface area (Å²) in [6, 6.07) is 6.96. The molecule has 1 heterocycles. The maximum Gasteiger partial charge on any atom is 0.337 e. The molecule has 0 atom stereocenters. The third-order valence-electron chi connectivity index (χ3n) is 3.17. The van der Waals surface area contributed by atoms with Crippen LogP contribution in [0.3, 0.4) is 0 Å². The lowest BCUT2D eigenvalue weighted by Gasteiger charge is -2.10. The summed E-state index contributed by atoms with van der Waals surface area (Å²) in [5.41, 5.74) is 0.928. The van der Waals surface area contributed by atoms with Gasteiger partial charge in [0.1, 0.15) is 11.6 Å². The molecular formula is C13H13N3O2. The Bertz CT molecular complexity index is 614. The van der Waals surface area contributed by atoms with Gasteiger partial charge in [-0.3, -0.25) is 4.57 Å². The first kappa shape index (κ1) is 11.0. The van der Waals surface area contributed by atoms with Crippen LogP contribution in [0.2, 0.25) is 0 Å². The molecule has 0 radical (unpaired) electrons. The van der Waals surface area contributed by atoms with E-state index in [1.165, 1.54) is 0 Å². The molecule has 0 unspecified atom stereocenters. The minimum atomic E-state index is -0.930. The molecule has 1 saturated carbocycles. The van der Waals surface area contributed by atoms with Crippen LogP contribution in [-0.2, 0) is 0 Å². The van der Waals surface area contributed by atoms with Gasteiger partial charge in [-0.2, -0.15) is 0 Å². The molecule has 1 aliphatic rings. The number of hydrogen-bond acceptors (Lipinski definition) is 3. The van der Waals surface area contributed by atoms with Gasteiger partial charge in [-0.1, -0.05) is 12.1 Å². The van der Waals surface area contributed by atoms with Gasteiger partial charge in [0.15, 0.2) is 0 Å². The minimum absolute atomic E-state index is 0.280. The summed E-state index contributed by atoms with van der Waals surface area (Å²) >= 11 is 0. The van der Waals surface area contributed by atoms with Gasteiger partial charge >= 0.3 is 5.97 Å². The molecule has 0 aliphatic heterocycles. The number of para-hydroxylation sites is 1. The quantitative estimate of drug-likeness (QED) is 0.896. The van der Waals surface area contributed by atoms with E-state index >= 15 is 0 Å². The zero-order valence-corrected chi connectivity index (χ0v) is 10.00. The molecule has 18 heavy (non-hydrogen) atoms. The number of aryl methyl sites for hydroxylation is 1. The Morgan fingerprint density at radius 2 is 2.06 bits per heavy atom. The Morgan fingerprint density at radius 1 is 1.33 bits per heavy atom. The van der Waals surface area contributed by atoms with Crippen molar-refractivity contribution in [2.75, 3.05) is 0 Å². The van der Waals surface area contributed by atoms with Crippen LogP contribution < -0.4 is 0 Å². The summed E-state index contributed by atoms with van der Waals surface area (Å²) < 4.78 is 1.86. The zero-order chi connectivity index (χ0) is 12.7. The van der Waals surface area contributed by atoms with Crippen molar-refractivity contribution in [3.8, 4) is 5.69 Å². The largest absolute Gasteiger partial charge is 0.478 e. The number of aromatic carboxylic acids is 1. The Kier molecular flexibility index (Phi) is 2.40. The Morgan fingerprint density at radius 3 is 2.72 bits per heavy atom. The van der Waals surface area contributed by atoms with Crippen molar-refractivity contribution in [2.45, 2.75) is 25.7 Å². The van der Waals surface area contributed by atoms with Gasteiger partial charge in [-0.05, 0) is 31.9 Å². The Labute approximate surface area is 104 Å². The summed E-state index contributed by atoms with van der Waals surface area (Å²) in [6.45, 7) is 1.84. The fourth-order valence-corrected chi connectivity index (χ4v) is 2.13. The molecule has 92 valence electrons. The van der Waals surface area contributed by atoms with Gasteiger partial charge in [0.05, 0.1) is 11.3 Å². The molecule has 1 N–H and O–H groups in total. The predicted molar refractivity (Wildman–Crippen MR) is 65.0 cm³/mol. The smallest absolute Gasteiger partial charge is 0.337 e. The molecule has 0 spiro atoms. The van der Waals surface area contributed by atoms with Crippen LogP contribution in [0.25, 0.3) is 5.69 Å². The minimum Gasteiger partial charge on any atom is -0.478 e. The number of aromatic nitrogens is 3. The van der Waals surface area contributed by atoms with Crippen LogP contribution in [0.5, 0.6) is 0 Å². The number of carbonyl (C=O) groups is 1. The van der Waals surface area contributed by atoms with Gasteiger partial charge < -0.3 is 5.11 Å². The standard InChI is InChI=1S/C13H13N3O2/c1-8-14-15-12(9-6-7-9)16(8)11-5-3-2-4-10(11)13(17)18/h2-5,9H,6-7H2,1H3,(H,17,18). The highest BCUT2D eigenvalue weighted by atomic mass is 16.4. The molecule has 1 aliphatic carbocycles. The number of carboxylic acid groups (broad SMARTS) is 1. The van der Waals surface area contributed by atoms with Gasteiger partial charge in [0, 0.05) is 5.92 Å². The molecule has 5 heteroatoms. The van der Waals surface area contributed by atoms with E-state index in [1.54, 1.807) is 18.2 Å². The second-order valence-corrected chi connectivity index (χ2v) is 4.54. The molecule has 5 nitrogen and oxygen atoms in total. The lowest BCUT2D eigenvalue weighted by atomic mass is 10.1. The second-order valence-electron chi connectivity index (χ2n) is 4.54. The summed E-state index contributed by atoms with van der Waals surface area (Å²) in [7, 11) is 0.